The van der Waals surface area contributed by atoms with Crippen molar-refractivity contribution in [1.82, 2.24) is 4.98 Å². The van der Waals surface area contributed by atoms with Gasteiger partial charge in [-0.1, -0.05) is 0 Å². The van der Waals surface area contributed by atoms with Gasteiger partial charge in [-0.3, -0.25) is 0 Å². The number of hydrogen-bond donors (Lipinski definition) is 2. The third-order valence-corrected chi connectivity index (χ3v) is 4.19. The van der Waals surface area contributed by atoms with Gasteiger partial charge in [0.05, 0.1) is 12.6 Å². The number of aryl methyl sites for hydroxylation is 1. The van der Waals surface area contributed by atoms with Crippen LogP contribution >= 0.6 is 0 Å². The van der Waals surface area contributed by atoms with Crippen molar-refractivity contribution in [3.05, 3.63) is 53.6 Å². The first-order valence-corrected chi connectivity index (χ1v) is 7.98. The summed E-state index contributed by atoms with van der Waals surface area (Å²) in [5.74, 6) is -0.401. The summed E-state index contributed by atoms with van der Waals surface area (Å²) in [5.41, 5.74) is 8.55. The number of rotatable bonds is 6. The van der Waals surface area contributed by atoms with E-state index in [0.29, 0.717) is 23.9 Å². The Morgan fingerprint density at radius 3 is 2.50 bits per heavy atom. The molecule has 3 N–H and O–H groups in total. The summed E-state index contributed by atoms with van der Waals surface area (Å²) < 4.78 is 33.0. The molecule has 3 nitrogen and oxygen atoms in total. The lowest BCUT2D eigenvalue weighted by molar-refractivity contribution is 0.415. The minimum absolute atomic E-state index is 0.338. The smallest absolute Gasteiger partial charge is 0.150 e. The maximum absolute atomic E-state index is 14.2. The standard InChI is InChI=1S/C19H20F2N2O/c1-24-14-7-5-12(6-8-14)18-15(4-2-3-9-22)16-10-13(20)11-17(21)19(16)23-18/h5-8,10-11,23H,2-4,9,22H2,1H3. The van der Waals surface area contributed by atoms with Crippen LogP contribution in [-0.2, 0) is 6.42 Å². The number of aromatic nitrogens is 1. The molecule has 0 saturated heterocycles. The first-order chi connectivity index (χ1) is 11.6. The van der Waals surface area contributed by atoms with Gasteiger partial charge in [0.25, 0.3) is 0 Å². The predicted octanol–water partition coefficient (Wildman–Crippen LogP) is 4.40. The maximum Gasteiger partial charge on any atom is 0.150 e. The molecule has 2 aromatic carbocycles. The van der Waals surface area contributed by atoms with Gasteiger partial charge in [0.15, 0.2) is 0 Å². The van der Waals surface area contributed by atoms with Crippen LogP contribution in [0.15, 0.2) is 36.4 Å². The first-order valence-electron chi connectivity index (χ1n) is 7.98. The maximum atomic E-state index is 14.2. The van der Waals surface area contributed by atoms with Crippen LogP contribution in [0.4, 0.5) is 8.78 Å². The summed E-state index contributed by atoms with van der Waals surface area (Å²) >= 11 is 0. The zero-order chi connectivity index (χ0) is 17.1. The van der Waals surface area contributed by atoms with Gasteiger partial charge in [-0.15, -0.1) is 0 Å². The van der Waals surface area contributed by atoms with E-state index < -0.39 is 11.6 Å². The highest BCUT2D eigenvalue weighted by Crippen LogP contribution is 2.34. The molecule has 0 radical (unpaired) electrons. The van der Waals surface area contributed by atoms with E-state index in [4.69, 9.17) is 10.5 Å². The van der Waals surface area contributed by atoms with Crippen LogP contribution in [0.2, 0.25) is 0 Å². The summed E-state index contributed by atoms with van der Waals surface area (Å²) in [6, 6.07) is 9.80. The fourth-order valence-electron chi connectivity index (χ4n) is 2.98. The Bertz CT molecular complexity index is 841. The summed E-state index contributed by atoms with van der Waals surface area (Å²) in [4.78, 5) is 3.13. The number of nitrogens with two attached hydrogens (primary N) is 1. The van der Waals surface area contributed by atoms with E-state index in [0.717, 1.165) is 41.5 Å². The molecule has 5 heteroatoms. The molecule has 0 aliphatic heterocycles. The Hall–Kier alpha value is -2.40. The van der Waals surface area contributed by atoms with E-state index in [-0.39, 0.29) is 0 Å². The zero-order valence-corrected chi connectivity index (χ0v) is 13.5. The molecule has 24 heavy (non-hydrogen) atoms. The molecule has 3 aromatic rings. The molecule has 0 saturated carbocycles. The van der Waals surface area contributed by atoms with Gasteiger partial charge in [0.1, 0.15) is 17.4 Å². The number of nitrogens with one attached hydrogen (secondary N) is 1. The van der Waals surface area contributed by atoms with E-state index in [9.17, 15) is 8.78 Å². The van der Waals surface area contributed by atoms with E-state index in [1.807, 2.05) is 24.3 Å². The molecular weight excluding hydrogens is 310 g/mol. The lowest BCUT2D eigenvalue weighted by Crippen LogP contribution is -1.99. The van der Waals surface area contributed by atoms with Crippen LogP contribution in [-0.4, -0.2) is 18.6 Å². The van der Waals surface area contributed by atoms with Crippen molar-refractivity contribution in [3.63, 3.8) is 0 Å². The highest BCUT2D eigenvalue weighted by molar-refractivity contribution is 5.91. The summed E-state index contributed by atoms with van der Waals surface area (Å²) in [7, 11) is 1.61. The van der Waals surface area contributed by atoms with Crippen LogP contribution < -0.4 is 10.5 Å². The van der Waals surface area contributed by atoms with Crippen molar-refractivity contribution < 1.29 is 13.5 Å². The van der Waals surface area contributed by atoms with E-state index in [2.05, 4.69) is 4.98 Å². The van der Waals surface area contributed by atoms with Crippen molar-refractivity contribution in [2.24, 2.45) is 5.73 Å². The molecule has 0 unspecified atom stereocenters. The number of benzene rings is 2. The van der Waals surface area contributed by atoms with Crippen LogP contribution in [0.3, 0.4) is 0 Å². The minimum atomic E-state index is -0.579. The molecule has 1 heterocycles. The van der Waals surface area contributed by atoms with Gasteiger partial charge in [0.2, 0.25) is 0 Å². The van der Waals surface area contributed by atoms with Crippen molar-refractivity contribution in [2.75, 3.05) is 13.7 Å². The number of aromatic amines is 1. The molecule has 0 amide bonds. The number of halogens is 2. The monoisotopic (exact) mass is 330 g/mol. The number of methoxy groups -OCH3 is 1. The SMILES string of the molecule is COc1ccc(-c2[nH]c3c(F)cc(F)cc3c2CCCCN)cc1. The van der Waals surface area contributed by atoms with Crippen molar-refractivity contribution in [3.8, 4) is 17.0 Å². The minimum Gasteiger partial charge on any atom is -0.497 e. The molecule has 0 aliphatic carbocycles. The van der Waals surface area contributed by atoms with Crippen molar-refractivity contribution >= 4 is 10.9 Å². The Kier molecular flexibility index (Phi) is 4.81. The lowest BCUT2D eigenvalue weighted by atomic mass is 10.00. The molecule has 0 aliphatic rings. The van der Waals surface area contributed by atoms with Gasteiger partial charge in [0, 0.05) is 17.1 Å². The second kappa shape index (κ2) is 7.01. The second-order valence-electron chi connectivity index (χ2n) is 5.76. The Balaban J connectivity index is 2.13. The summed E-state index contributed by atoms with van der Waals surface area (Å²) in [5, 5.41) is 0.593. The molecule has 126 valence electrons. The average Bonchev–Trinajstić information content (AvgIpc) is 2.94. The van der Waals surface area contributed by atoms with Gasteiger partial charge in [-0.2, -0.15) is 0 Å². The van der Waals surface area contributed by atoms with Gasteiger partial charge >= 0.3 is 0 Å². The second-order valence-corrected chi connectivity index (χ2v) is 5.76. The van der Waals surface area contributed by atoms with Crippen LogP contribution in [0.25, 0.3) is 22.2 Å². The number of unbranched alkanes of at least 4 members (excludes halogenated alkanes) is 1. The largest absolute Gasteiger partial charge is 0.497 e. The average molecular weight is 330 g/mol. The fraction of sp³-hybridized carbons (Fsp3) is 0.263. The Morgan fingerprint density at radius 1 is 1.08 bits per heavy atom. The zero-order valence-electron chi connectivity index (χ0n) is 13.5. The number of H-pyrrole nitrogens is 1. The highest BCUT2D eigenvalue weighted by Gasteiger charge is 2.16. The van der Waals surface area contributed by atoms with Gasteiger partial charge in [-0.05, 0) is 67.3 Å². The predicted molar refractivity (Wildman–Crippen MR) is 92.2 cm³/mol. The lowest BCUT2D eigenvalue weighted by Gasteiger charge is -2.06. The molecule has 0 bridgehead atoms. The topological polar surface area (TPSA) is 51.0 Å². The van der Waals surface area contributed by atoms with Crippen LogP contribution in [0, 0.1) is 11.6 Å². The van der Waals surface area contributed by atoms with E-state index >= 15 is 0 Å². The summed E-state index contributed by atoms with van der Waals surface area (Å²) in [6.07, 6.45) is 2.44. The fourth-order valence-corrected chi connectivity index (χ4v) is 2.98. The van der Waals surface area contributed by atoms with Gasteiger partial charge < -0.3 is 15.5 Å². The number of hydrogen-bond acceptors (Lipinski definition) is 2. The molecule has 0 fully saturated rings. The number of fused-ring (bicyclic) bond motifs is 1. The normalized spacial score (nSPS) is 11.2. The van der Waals surface area contributed by atoms with Gasteiger partial charge in [-0.25, -0.2) is 8.78 Å². The van der Waals surface area contributed by atoms with E-state index in [1.165, 1.54) is 6.07 Å². The molecule has 0 spiro atoms. The molecule has 1 aromatic heterocycles. The molecule has 0 atom stereocenters. The third-order valence-electron chi connectivity index (χ3n) is 4.19. The van der Waals surface area contributed by atoms with Crippen LogP contribution in [0.5, 0.6) is 5.75 Å². The third kappa shape index (κ3) is 3.12. The molecule has 3 rings (SSSR count). The Labute approximate surface area is 139 Å². The highest BCUT2D eigenvalue weighted by atomic mass is 19.1. The molecular formula is C19H20F2N2O. The van der Waals surface area contributed by atoms with Crippen molar-refractivity contribution in [1.29, 1.82) is 0 Å². The number of ether oxygens (including phenoxy) is 1. The Morgan fingerprint density at radius 2 is 1.83 bits per heavy atom. The first kappa shape index (κ1) is 16.5. The van der Waals surface area contributed by atoms with Crippen LogP contribution in [0.1, 0.15) is 18.4 Å². The summed E-state index contributed by atoms with van der Waals surface area (Å²) in [6.45, 7) is 0.600. The van der Waals surface area contributed by atoms with Crippen molar-refractivity contribution in [2.45, 2.75) is 19.3 Å². The quantitative estimate of drug-likeness (QED) is 0.658. The van der Waals surface area contributed by atoms with E-state index in [1.54, 1.807) is 7.11 Å².